The number of benzene rings is 1. The molecule has 3 nitrogen and oxygen atoms in total. The van der Waals surface area contributed by atoms with Gasteiger partial charge in [0.2, 0.25) is 0 Å². The van der Waals surface area contributed by atoms with E-state index in [0.29, 0.717) is 6.04 Å². The molecule has 3 heteroatoms. The van der Waals surface area contributed by atoms with E-state index in [1.54, 1.807) is 0 Å². The summed E-state index contributed by atoms with van der Waals surface area (Å²) >= 11 is 0. The Bertz CT molecular complexity index is 557. The van der Waals surface area contributed by atoms with E-state index >= 15 is 0 Å². The molecule has 0 bridgehead atoms. The molecule has 0 spiro atoms. The molecule has 20 heavy (non-hydrogen) atoms. The first kappa shape index (κ1) is 14.8. The predicted molar refractivity (Wildman–Crippen MR) is 83.7 cm³/mol. The number of rotatable bonds is 6. The molecule has 0 amide bonds. The highest BCUT2D eigenvalue weighted by atomic mass is 15.3. The van der Waals surface area contributed by atoms with Gasteiger partial charge in [-0.25, -0.2) is 0 Å². The first-order valence-corrected chi connectivity index (χ1v) is 7.43. The summed E-state index contributed by atoms with van der Waals surface area (Å²) in [5.74, 6) is 0. The van der Waals surface area contributed by atoms with Crippen molar-refractivity contribution in [2.24, 2.45) is 0 Å². The average Bonchev–Trinajstić information content (AvgIpc) is 2.87. The minimum atomic E-state index is 0.347. The average molecular weight is 271 g/mol. The lowest BCUT2D eigenvalue weighted by atomic mass is 10.00. The number of aromatic nitrogens is 2. The Morgan fingerprint density at radius 3 is 2.80 bits per heavy atom. The zero-order chi connectivity index (χ0) is 14.5. The van der Waals surface area contributed by atoms with Crippen molar-refractivity contribution in [1.29, 1.82) is 0 Å². The zero-order valence-electron chi connectivity index (χ0n) is 13.0. The van der Waals surface area contributed by atoms with E-state index in [-0.39, 0.29) is 0 Å². The fourth-order valence-corrected chi connectivity index (χ4v) is 2.52. The summed E-state index contributed by atoms with van der Waals surface area (Å²) in [6.07, 6.45) is 3.00. The molecule has 0 saturated carbocycles. The lowest BCUT2D eigenvalue weighted by molar-refractivity contribution is 0.515. The summed E-state index contributed by atoms with van der Waals surface area (Å²) in [5, 5.41) is 7.97. The van der Waals surface area contributed by atoms with Gasteiger partial charge in [0, 0.05) is 25.3 Å². The van der Waals surface area contributed by atoms with Crippen LogP contribution >= 0.6 is 0 Å². The fraction of sp³-hybridized carbons (Fsp3) is 0.471. The Balaban J connectivity index is 2.03. The molecule has 1 unspecified atom stereocenters. The second-order valence-electron chi connectivity index (χ2n) is 5.51. The summed E-state index contributed by atoms with van der Waals surface area (Å²) in [6.45, 7) is 10.6. The third kappa shape index (κ3) is 3.48. The smallest absolute Gasteiger partial charge is 0.0522 e. The number of nitrogens with zero attached hydrogens (tertiary/aromatic N) is 2. The molecule has 1 N–H and O–H groups in total. The fourth-order valence-electron chi connectivity index (χ4n) is 2.52. The Kier molecular flexibility index (Phi) is 4.96. The highest BCUT2D eigenvalue weighted by Gasteiger charge is 2.09. The van der Waals surface area contributed by atoms with Crippen LogP contribution in [0, 0.1) is 13.8 Å². The molecule has 2 rings (SSSR count). The minimum absolute atomic E-state index is 0.347. The van der Waals surface area contributed by atoms with Gasteiger partial charge in [-0.1, -0.05) is 30.7 Å². The van der Waals surface area contributed by atoms with Crippen molar-refractivity contribution in [1.82, 2.24) is 15.1 Å². The van der Waals surface area contributed by atoms with Crippen molar-refractivity contribution in [3.05, 3.63) is 52.8 Å². The van der Waals surface area contributed by atoms with Gasteiger partial charge in [0.25, 0.3) is 0 Å². The van der Waals surface area contributed by atoms with Gasteiger partial charge in [0.1, 0.15) is 0 Å². The van der Waals surface area contributed by atoms with Crippen molar-refractivity contribution in [3.8, 4) is 0 Å². The third-order valence-electron chi connectivity index (χ3n) is 3.73. The van der Waals surface area contributed by atoms with Crippen molar-refractivity contribution >= 4 is 0 Å². The van der Waals surface area contributed by atoms with Crippen LogP contribution < -0.4 is 5.32 Å². The summed E-state index contributed by atoms with van der Waals surface area (Å²) in [4.78, 5) is 0. The molecule has 0 saturated heterocycles. The van der Waals surface area contributed by atoms with Crippen LogP contribution in [-0.4, -0.2) is 9.78 Å². The third-order valence-corrected chi connectivity index (χ3v) is 3.73. The van der Waals surface area contributed by atoms with Crippen LogP contribution in [0.4, 0.5) is 0 Å². The monoisotopic (exact) mass is 271 g/mol. The van der Waals surface area contributed by atoms with E-state index < -0.39 is 0 Å². The molecule has 0 aliphatic heterocycles. The molecule has 0 aliphatic carbocycles. The number of hydrogen-bond donors (Lipinski definition) is 1. The molecular formula is C17H25N3. The molecule has 0 fully saturated rings. The molecule has 1 heterocycles. The molecular weight excluding hydrogens is 246 g/mol. The van der Waals surface area contributed by atoms with Gasteiger partial charge in [0.15, 0.2) is 0 Å². The van der Waals surface area contributed by atoms with E-state index in [9.17, 15) is 0 Å². The van der Waals surface area contributed by atoms with E-state index in [1.165, 1.54) is 22.4 Å². The van der Waals surface area contributed by atoms with Crippen LogP contribution in [0.5, 0.6) is 0 Å². The van der Waals surface area contributed by atoms with Crippen molar-refractivity contribution in [3.63, 3.8) is 0 Å². The van der Waals surface area contributed by atoms with Crippen LogP contribution in [0.25, 0.3) is 0 Å². The largest absolute Gasteiger partial charge is 0.305 e. The predicted octanol–water partition coefficient (Wildman–Crippen LogP) is 3.76. The first-order chi connectivity index (χ1) is 9.61. The van der Waals surface area contributed by atoms with Gasteiger partial charge in [-0.2, -0.15) is 5.10 Å². The zero-order valence-corrected chi connectivity index (χ0v) is 13.0. The maximum atomic E-state index is 4.36. The van der Waals surface area contributed by atoms with E-state index in [0.717, 1.165) is 19.5 Å². The summed E-state index contributed by atoms with van der Waals surface area (Å²) in [5.41, 5.74) is 5.29. The van der Waals surface area contributed by atoms with Crippen molar-refractivity contribution in [2.45, 2.75) is 53.2 Å². The SMILES string of the molecule is CCCn1nccc1CNC(C)c1cc(C)ccc1C. The molecule has 1 aromatic heterocycles. The van der Waals surface area contributed by atoms with Gasteiger partial charge < -0.3 is 5.32 Å². The van der Waals surface area contributed by atoms with E-state index in [1.807, 2.05) is 6.20 Å². The summed E-state index contributed by atoms with van der Waals surface area (Å²) in [7, 11) is 0. The van der Waals surface area contributed by atoms with E-state index in [2.05, 4.69) is 67.1 Å². The first-order valence-electron chi connectivity index (χ1n) is 7.43. The van der Waals surface area contributed by atoms with Crippen LogP contribution in [-0.2, 0) is 13.1 Å². The Morgan fingerprint density at radius 1 is 1.25 bits per heavy atom. The van der Waals surface area contributed by atoms with Gasteiger partial charge in [-0.3, -0.25) is 4.68 Å². The highest BCUT2D eigenvalue weighted by molar-refractivity contribution is 5.32. The Labute approximate surface area is 122 Å². The lowest BCUT2D eigenvalue weighted by Crippen LogP contribution is -2.21. The molecule has 0 radical (unpaired) electrons. The van der Waals surface area contributed by atoms with Gasteiger partial charge in [-0.05, 0) is 44.4 Å². The molecule has 0 aliphatic rings. The maximum Gasteiger partial charge on any atom is 0.0522 e. The molecule has 1 atom stereocenters. The van der Waals surface area contributed by atoms with Gasteiger partial charge >= 0.3 is 0 Å². The Hall–Kier alpha value is -1.61. The van der Waals surface area contributed by atoms with Gasteiger partial charge in [0.05, 0.1) is 5.69 Å². The number of hydrogen-bond acceptors (Lipinski definition) is 2. The number of aryl methyl sites for hydroxylation is 3. The van der Waals surface area contributed by atoms with Crippen LogP contribution in [0.1, 0.15) is 48.7 Å². The standard InChI is InChI=1S/C17H25N3/c1-5-10-20-16(8-9-19-20)12-18-15(4)17-11-13(2)6-7-14(17)3/h6-9,11,15,18H,5,10,12H2,1-4H3. The summed E-state index contributed by atoms with van der Waals surface area (Å²) in [6, 6.07) is 9.08. The van der Waals surface area contributed by atoms with Crippen molar-refractivity contribution < 1.29 is 0 Å². The topological polar surface area (TPSA) is 29.9 Å². The normalized spacial score (nSPS) is 12.6. The maximum absolute atomic E-state index is 4.36. The summed E-state index contributed by atoms with van der Waals surface area (Å²) < 4.78 is 2.09. The second kappa shape index (κ2) is 6.71. The lowest BCUT2D eigenvalue weighted by Gasteiger charge is -2.18. The number of nitrogens with one attached hydrogen (secondary N) is 1. The highest BCUT2D eigenvalue weighted by Crippen LogP contribution is 2.19. The molecule has 2 aromatic rings. The minimum Gasteiger partial charge on any atom is -0.305 e. The molecule has 1 aromatic carbocycles. The van der Waals surface area contributed by atoms with Gasteiger partial charge in [-0.15, -0.1) is 0 Å². The quantitative estimate of drug-likeness (QED) is 0.867. The van der Waals surface area contributed by atoms with E-state index in [4.69, 9.17) is 0 Å². The van der Waals surface area contributed by atoms with Crippen LogP contribution in [0.15, 0.2) is 30.5 Å². The van der Waals surface area contributed by atoms with Crippen LogP contribution in [0.2, 0.25) is 0 Å². The Morgan fingerprint density at radius 2 is 2.05 bits per heavy atom. The second-order valence-corrected chi connectivity index (χ2v) is 5.51. The van der Waals surface area contributed by atoms with Crippen molar-refractivity contribution in [2.75, 3.05) is 0 Å². The molecule has 108 valence electrons. The van der Waals surface area contributed by atoms with Crippen LogP contribution in [0.3, 0.4) is 0 Å².